The highest BCUT2D eigenvalue weighted by molar-refractivity contribution is 7.85. The SMILES string of the molecule is COc1cc(NC[C@@H](O)CS(=O)(=O)O)cc(OC)c1. The van der Waals surface area contributed by atoms with E-state index in [-0.39, 0.29) is 6.54 Å². The molecule has 8 heteroatoms. The summed E-state index contributed by atoms with van der Waals surface area (Å²) >= 11 is 0. The Morgan fingerprint density at radius 1 is 1.21 bits per heavy atom. The van der Waals surface area contributed by atoms with Gasteiger partial charge in [-0.05, 0) is 0 Å². The minimum absolute atomic E-state index is 0.0316. The van der Waals surface area contributed by atoms with E-state index in [2.05, 4.69) is 5.32 Å². The number of ether oxygens (including phenoxy) is 2. The van der Waals surface area contributed by atoms with Gasteiger partial charge in [-0.3, -0.25) is 4.55 Å². The van der Waals surface area contributed by atoms with Crippen molar-refractivity contribution in [1.82, 2.24) is 0 Å². The van der Waals surface area contributed by atoms with Gasteiger partial charge in [-0.2, -0.15) is 8.42 Å². The van der Waals surface area contributed by atoms with Crippen LogP contribution in [0.25, 0.3) is 0 Å². The first-order chi connectivity index (χ1) is 8.84. The lowest BCUT2D eigenvalue weighted by Crippen LogP contribution is -2.27. The van der Waals surface area contributed by atoms with Crippen LogP contribution in [0.2, 0.25) is 0 Å². The van der Waals surface area contributed by atoms with Gasteiger partial charge in [-0.1, -0.05) is 0 Å². The molecule has 1 aromatic rings. The Bertz CT molecular complexity index is 494. The Kier molecular flexibility index (Phi) is 5.40. The quantitative estimate of drug-likeness (QED) is 0.623. The zero-order chi connectivity index (χ0) is 14.5. The second-order valence-electron chi connectivity index (χ2n) is 3.88. The lowest BCUT2D eigenvalue weighted by Gasteiger charge is -2.13. The van der Waals surface area contributed by atoms with Gasteiger partial charge in [0, 0.05) is 30.4 Å². The van der Waals surface area contributed by atoms with Gasteiger partial charge in [0.15, 0.2) is 0 Å². The van der Waals surface area contributed by atoms with Crippen molar-refractivity contribution in [1.29, 1.82) is 0 Å². The average molecular weight is 291 g/mol. The van der Waals surface area contributed by atoms with Crippen molar-refractivity contribution in [3.63, 3.8) is 0 Å². The predicted octanol–water partition coefficient (Wildman–Crippen LogP) is 0.364. The van der Waals surface area contributed by atoms with Crippen LogP contribution in [0.15, 0.2) is 18.2 Å². The molecule has 1 rings (SSSR count). The van der Waals surface area contributed by atoms with Crippen molar-refractivity contribution in [2.24, 2.45) is 0 Å². The van der Waals surface area contributed by atoms with Gasteiger partial charge in [0.05, 0.1) is 20.3 Å². The lowest BCUT2D eigenvalue weighted by atomic mass is 10.2. The second-order valence-corrected chi connectivity index (χ2v) is 5.38. The Balaban J connectivity index is 2.66. The second kappa shape index (κ2) is 6.60. The van der Waals surface area contributed by atoms with Crippen LogP contribution in [0.3, 0.4) is 0 Å². The van der Waals surface area contributed by atoms with Crippen LogP contribution in [0.4, 0.5) is 5.69 Å². The molecule has 0 aliphatic heterocycles. The Hall–Kier alpha value is -1.51. The Morgan fingerprint density at radius 3 is 2.16 bits per heavy atom. The highest BCUT2D eigenvalue weighted by Gasteiger charge is 2.14. The van der Waals surface area contributed by atoms with Gasteiger partial charge in [0.1, 0.15) is 17.3 Å². The first-order valence-corrected chi connectivity index (χ1v) is 7.05. The van der Waals surface area contributed by atoms with Crippen molar-refractivity contribution >= 4 is 15.8 Å². The van der Waals surface area contributed by atoms with Crippen LogP contribution < -0.4 is 14.8 Å². The zero-order valence-corrected chi connectivity index (χ0v) is 11.5. The fraction of sp³-hybridized carbons (Fsp3) is 0.455. The Labute approximate surface area is 111 Å². The third-order valence-electron chi connectivity index (χ3n) is 2.30. The highest BCUT2D eigenvalue weighted by Crippen LogP contribution is 2.25. The standard InChI is InChI=1S/C11H17NO6S/c1-17-10-3-8(4-11(5-10)18-2)12-6-9(13)7-19(14,15)16/h3-5,9,12-13H,6-7H2,1-2H3,(H,14,15,16)/t9-/m1/s1. The number of hydrogen-bond acceptors (Lipinski definition) is 6. The molecule has 0 fully saturated rings. The summed E-state index contributed by atoms with van der Waals surface area (Å²) in [5, 5.41) is 12.3. The molecule has 0 spiro atoms. The number of anilines is 1. The number of benzene rings is 1. The van der Waals surface area contributed by atoms with E-state index in [1.807, 2.05) is 0 Å². The van der Waals surface area contributed by atoms with E-state index < -0.39 is 22.0 Å². The van der Waals surface area contributed by atoms with Gasteiger partial charge < -0.3 is 19.9 Å². The molecule has 0 unspecified atom stereocenters. The van der Waals surface area contributed by atoms with Crippen molar-refractivity contribution < 1.29 is 27.6 Å². The van der Waals surface area contributed by atoms with E-state index in [4.69, 9.17) is 14.0 Å². The van der Waals surface area contributed by atoms with Crippen LogP contribution in [0.5, 0.6) is 11.5 Å². The molecule has 1 aromatic carbocycles. The summed E-state index contributed by atoms with van der Waals surface area (Å²) in [5.41, 5.74) is 0.602. The molecule has 0 amide bonds. The minimum atomic E-state index is -4.19. The first-order valence-electron chi connectivity index (χ1n) is 5.44. The third-order valence-corrected chi connectivity index (χ3v) is 3.10. The van der Waals surface area contributed by atoms with E-state index in [9.17, 15) is 13.5 Å². The molecule has 0 saturated heterocycles. The van der Waals surface area contributed by atoms with Gasteiger partial charge in [-0.25, -0.2) is 0 Å². The maximum atomic E-state index is 10.6. The first kappa shape index (κ1) is 15.5. The number of hydrogen-bond donors (Lipinski definition) is 3. The molecule has 0 heterocycles. The number of aliphatic hydroxyl groups is 1. The molecule has 0 aliphatic carbocycles. The molecular weight excluding hydrogens is 274 g/mol. The molecule has 0 aliphatic rings. The molecular formula is C11H17NO6S. The summed E-state index contributed by atoms with van der Waals surface area (Å²) in [7, 11) is -1.18. The van der Waals surface area contributed by atoms with E-state index in [1.54, 1.807) is 18.2 Å². The van der Waals surface area contributed by atoms with Crippen molar-refractivity contribution in [2.75, 3.05) is 31.8 Å². The highest BCUT2D eigenvalue weighted by atomic mass is 32.2. The monoisotopic (exact) mass is 291 g/mol. The van der Waals surface area contributed by atoms with Crippen LogP contribution in [0.1, 0.15) is 0 Å². The van der Waals surface area contributed by atoms with Crippen LogP contribution in [0, 0.1) is 0 Å². The largest absolute Gasteiger partial charge is 0.497 e. The smallest absolute Gasteiger partial charge is 0.267 e. The lowest BCUT2D eigenvalue weighted by molar-refractivity contribution is 0.208. The molecule has 0 bridgehead atoms. The number of nitrogens with one attached hydrogen (secondary N) is 1. The molecule has 19 heavy (non-hydrogen) atoms. The van der Waals surface area contributed by atoms with Crippen LogP contribution >= 0.6 is 0 Å². The maximum absolute atomic E-state index is 10.6. The van der Waals surface area contributed by atoms with Gasteiger partial charge >= 0.3 is 0 Å². The summed E-state index contributed by atoms with van der Waals surface area (Å²) in [6.07, 6.45) is -1.22. The van der Waals surface area contributed by atoms with E-state index in [0.717, 1.165) is 0 Å². The topological polar surface area (TPSA) is 105 Å². The number of aliphatic hydroxyl groups excluding tert-OH is 1. The maximum Gasteiger partial charge on any atom is 0.267 e. The normalized spacial score (nSPS) is 12.8. The minimum Gasteiger partial charge on any atom is -0.497 e. The van der Waals surface area contributed by atoms with E-state index >= 15 is 0 Å². The van der Waals surface area contributed by atoms with Crippen molar-refractivity contribution in [3.05, 3.63) is 18.2 Å². The zero-order valence-electron chi connectivity index (χ0n) is 10.7. The van der Waals surface area contributed by atoms with Crippen LogP contribution in [-0.2, 0) is 10.1 Å². The van der Waals surface area contributed by atoms with E-state index in [0.29, 0.717) is 17.2 Å². The summed E-state index contributed by atoms with van der Waals surface area (Å²) in [6.45, 7) is -0.0316. The third kappa shape index (κ3) is 5.77. The summed E-state index contributed by atoms with van der Waals surface area (Å²) in [5.74, 6) is 0.401. The Morgan fingerprint density at radius 2 is 1.74 bits per heavy atom. The van der Waals surface area contributed by atoms with E-state index in [1.165, 1.54) is 14.2 Å². The molecule has 0 saturated carbocycles. The fourth-order valence-corrected chi connectivity index (χ4v) is 2.05. The average Bonchev–Trinajstić information content (AvgIpc) is 2.33. The van der Waals surface area contributed by atoms with Gasteiger partial charge in [0.25, 0.3) is 10.1 Å². The molecule has 0 aromatic heterocycles. The molecule has 1 atom stereocenters. The molecule has 7 nitrogen and oxygen atoms in total. The number of rotatable bonds is 7. The fourth-order valence-electron chi connectivity index (χ4n) is 1.45. The van der Waals surface area contributed by atoms with Crippen molar-refractivity contribution in [2.45, 2.75) is 6.10 Å². The van der Waals surface area contributed by atoms with Crippen molar-refractivity contribution in [3.8, 4) is 11.5 Å². The summed E-state index contributed by atoms with van der Waals surface area (Å²) in [6, 6.07) is 5.02. The molecule has 108 valence electrons. The summed E-state index contributed by atoms with van der Waals surface area (Å²) < 4.78 is 39.9. The predicted molar refractivity (Wildman–Crippen MR) is 70.5 cm³/mol. The molecule has 0 radical (unpaired) electrons. The van der Waals surface area contributed by atoms with Gasteiger partial charge in [-0.15, -0.1) is 0 Å². The number of methoxy groups -OCH3 is 2. The molecule has 3 N–H and O–H groups in total. The van der Waals surface area contributed by atoms with Crippen LogP contribution in [-0.4, -0.2) is 50.7 Å². The summed E-state index contributed by atoms with van der Waals surface area (Å²) in [4.78, 5) is 0. The van der Waals surface area contributed by atoms with Gasteiger partial charge in [0.2, 0.25) is 0 Å².